The van der Waals surface area contributed by atoms with Gasteiger partial charge in [0.1, 0.15) is 12.2 Å². The second kappa shape index (κ2) is 6.34. The Kier molecular flexibility index (Phi) is 3.88. The van der Waals surface area contributed by atoms with Crippen LogP contribution in [0, 0.1) is 6.92 Å². The van der Waals surface area contributed by atoms with Gasteiger partial charge in [0.05, 0.1) is 24.6 Å². The van der Waals surface area contributed by atoms with E-state index in [4.69, 9.17) is 0 Å². The van der Waals surface area contributed by atoms with Crippen LogP contribution in [0.25, 0.3) is 0 Å². The van der Waals surface area contributed by atoms with E-state index in [0.717, 1.165) is 16.9 Å². The largest absolute Gasteiger partial charge is 0.321 e. The van der Waals surface area contributed by atoms with E-state index in [1.54, 1.807) is 26.8 Å². The van der Waals surface area contributed by atoms with Crippen molar-refractivity contribution in [2.24, 2.45) is 0 Å². The maximum atomic E-state index is 12.2. The van der Waals surface area contributed by atoms with Crippen LogP contribution in [-0.2, 0) is 6.54 Å². The van der Waals surface area contributed by atoms with Gasteiger partial charge in [0, 0.05) is 18.8 Å². The Balaban J connectivity index is 1.31. The third kappa shape index (κ3) is 3.35. The summed E-state index contributed by atoms with van der Waals surface area (Å²) < 4.78 is 1.80. The van der Waals surface area contributed by atoms with E-state index in [0.29, 0.717) is 19.6 Å². The van der Waals surface area contributed by atoms with Crippen LogP contribution in [0.5, 0.6) is 0 Å². The summed E-state index contributed by atoms with van der Waals surface area (Å²) in [5, 5.41) is 19.3. The molecule has 128 valence electrons. The lowest BCUT2D eigenvalue weighted by Gasteiger charge is -2.38. The molecule has 2 aromatic heterocycles. The second-order valence-electron chi connectivity index (χ2n) is 6.11. The first-order valence-corrected chi connectivity index (χ1v) is 8.05. The van der Waals surface area contributed by atoms with Crippen LogP contribution in [0.3, 0.4) is 0 Å². The molecule has 0 saturated carbocycles. The lowest BCUT2D eigenvalue weighted by atomic mass is 10.1. The molecule has 3 heterocycles. The van der Waals surface area contributed by atoms with Crippen molar-refractivity contribution in [3.8, 4) is 0 Å². The zero-order valence-electron chi connectivity index (χ0n) is 13.8. The van der Waals surface area contributed by atoms with Crippen molar-refractivity contribution in [3.05, 3.63) is 54.1 Å². The number of benzene rings is 1. The SMILES string of the molecule is Cc1cccc(NC(=O)N2CC(n3cc(Cn4nccn4)nn3)C2)c1. The van der Waals surface area contributed by atoms with Gasteiger partial charge in [-0.25, -0.2) is 9.48 Å². The van der Waals surface area contributed by atoms with Crippen molar-refractivity contribution in [1.29, 1.82) is 0 Å². The molecule has 0 unspecified atom stereocenters. The number of nitrogens with zero attached hydrogens (tertiary/aromatic N) is 7. The van der Waals surface area contributed by atoms with Crippen molar-refractivity contribution in [2.75, 3.05) is 18.4 Å². The van der Waals surface area contributed by atoms with Crippen LogP contribution in [0.2, 0.25) is 0 Å². The monoisotopic (exact) mass is 338 g/mol. The number of likely N-dealkylation sites (tertiary alicyclic amines) is 1. The number of anilines is 1. The lowest BCUT2D eigenvalue weighted by Crippen LogP contribution is -2.52. The normalized spacial score (nSPS) is 14.4. The number of nitrogens with one attached hydrogen (secondary N) is 1. The quantitative estimate of drug-likeness (QED) is 0.774. The smallest absolute Gasteiger partial charge is 0.320 e. The Hall–Kier alpha value is -3.23. The lowest BCUT2D eigenvalue weighted by molar-refractivity contribution is 0.127. The maximum Gasteiger partial charge on any atom is 0.321 e. The molecule has 4 rings (SSSR count). The first-order chi connectivity index (χ1) is 12.2. The minimum absolute atomic E-state index is 0.0945. The van der Waals surface area contributed by atoms with E-state index in [1.807, 2.05) is 37.4 Å². The molecule has 1 fully saturated rings. The number of carbonyl (C=O) groups excluding carboxylic acids is 1. The molecule has 0 radical (unpaired) electrons. The highest BCUT2D eigenvalue weighted by Crippen LogP contribution is 2.21. The highest BCUT2D eigenvalue weighted by Gasteiger charge is 2.32. The molecule has 3 aromatic rings. The van der Waals surface area contributed by atoms with Gasteiger partial charge in [-0.1, -0.05) is 17.3 Å². The number of aryl methyl sites for hydroxylation is 1. The zero-order valence-corrected chi connectivity index (χ0v) is 13.8. The molecule has 0 atom stereocenters. The Morgan fingerprint density at radius 1 is 1.28 bits per heavy atom. The van der Waals surface area contributed by atoms with Gasteiger partial charge in [0.15, 0.2) is 0 Å². The summed E-state index contributed by atoms with van der Waals surface area (Å²) in [5.74, 6) is 0. The summed E-state index contributed by atoms with van der Waals surface area (Å²) in [4.78, 5) is 15.6. The molecule has 1 N–H and O–H groups in total. The molecular weight excluding hydrogens is 320 g/mol. The first kappa shape index (κ1) is 15.3. The first-order valence-electron chi connectivity index (χ1n) is 8.05. The topological polar surface area (TPSA) is 93.8 Å². The summed E-state index contributed by atoms with van der Waals surface area (Å²) in [6.07, 6.45) is 5.13. The van der Waals surface area contributed by atoms with E-state index in [9.17, 15) is 4.79 Å². The highest BCUT2D eigenvalue weighted by molar-refractivity contribution is 5.89. The van der Waals surface area contributed by atoms with Crippen molar-refractivity contribution in [3.63, 3.8) is 0 Å². The third-order valence-electron chi connectivity index (χ3n) is 4.12. The van der Waals surface area contributed by atoms with Crippen molar-refractivity contribution in [2.45, 2.75) is 19.5 Å². The van der Waals surface area contributed by atoms with Gasteiger partial charge in [-0.05, 0) is 24.6 Å². The average molecular weight is 338 g/mol. The Bertz CT molecular complexity index is 866. The molecule has 9 nitrogen and oxygen atoms in total. The number of aromatic nitrogens is 6. The van der Waals surface area contributed by atoms with Gasteiger partial charge in [-0.3, -0.25) is 0 Å². The summed E-state index contributed by atoms with van der Waals surface area (Å²) in [5.41, 5.74) is 2.71. The predicted molar refractivity (Wildman–Crippen MR) is 90.0 cm³/mol. The number of hydrogen-bond donors (Lipinski definition) is 1. The van der Waals surface area contributed by atoms with Gasteiger partial charge in [-0.15, -0.1) is 5.10 Å². The zero-order chi connectivity index (χ0) is 17.2. The van der Waals surface area contributed by atoms with Crippen LogP contribution >= 0.6 is 0 Å². The second-order valence-corrected chi connectivity index (χ2v) is 6.11. The molecule has 1 aromatic carbocycles. The van der Waals surface area contributed by atoms with Gasteiger partial charge < -0.3 is 10.2 Å². The summed E-state index contributed by atoms with van der Waals surface area (Å²) in [6.45, 7) is 3.70. The Morgan fingerprint density at radius 2 is 2.08 bits per heavy atom. The van der Waals surface area contributed by atoms with Crippen molar-refractivity contribution in [1.82, 2.24) is 34.9 Å². The molecule has 0 spiro atoms. The minimum Gasteiger partial charge on any atom is -0.320 e. The van der Waals surface area contributed by atoms with Crippen LogP contribution in [0.1, 0.15) is 17.3 Å². The molecule has 0 bridgehead atoms. The average Bonchev–Trinajstić information content (AvgIpc) is 3.18. The molecule has 1 aliphatic heterocycles. The maximum absolute atomic E-state index is 12.2. The Labute approximate surface area is 144 Å². The molecule has 9 heteroatoms. The molecule has 1 aliphatic rings. The summed E-state index contributed by atoms with van der Waals surface area (Å²) in [6, 6.07) is 7.81. The van der Waals surface area contributed by atoms with Gasteiger partial charge in [0.2, 0.25) is 0 Å². The van der Waals surface area contributed by atoms with Gasteiger partial charge in [-0.2, -0.15) is 15.0 Å². The highest BCUT2D eigenvalue weighted by atomic mass is 16.2. The minimum atomic E-state index is -0.0945. The molecule has 25 heavy (non-hydrogen) atoms. The fourth-order valence-electron chi connectivity index (χ4n) is 2.75. The van der Waals surface area contributed by atoms with Gasteiger partial charge in [0.25, 0.3) is 0 Å². The van der Waals surface area contributed by atoms with Gasteiger partial charge >= 0.3 is 6.03 Å². The fourth-order valence-corrected chi connectivity index (χ4v) is 2.75. The molecule has 0 aliphatic carbocycles. The molecule has 1 saturated heterocycles. The van der Waals surface area contributed by atoms with Crippen molar-refractivity contribution < 1.29 is 4.79 Å². The fraction of sp³-hybridized carbons (Fsp3) is 0.312. The number of amides is 2. The van der Waals surface area contributed by atoms with Crippen LogP contribution in [0.4, 0.5) is 10.5 Å². The standard InChI is InChI=1S/C16H18N8O/c1-12-3-2-4-13(7-12)19-16(25)22-10-15(11-22)23-8-14(20-21-23)9-24-17-5-6-18-24/h2-8,15H,9-11H2,1H3,(H,19,25). The number of rotatable bonds is 4. The van der Waals surface area contributed by atoms with E-state index < -0.39 is 0 Å². The van der Waals surface area contributed by atoms with E-state index in [-0.39, 0.29) is 12.1 Å². The Morgan fingerprint density at radius 3 is 2.84 bits per heavy atom. The van der Waals surface area contributed by atoms with Crippen LogP contribution in [-0.4, -0.2) is 54.0 Å². The summed E-state index contributed by atoms with van der Waals surface area (Å²) in [7, 11) is 0. The van der Waals surface area contributed by atoms with Crippen LogP contribution in [0.15, 0.2) is 42.9 Å². The number of carbonyl (C=O) groups is 1. The number of urea groups is 1. The summed E-state index contributed by atoms with van der Waals surface area (Å²) >= 11 is 0. The molecular formula is C16H18N8O. The molecule has 2 amide bonds. The van der Waals surface area contributed by atoms with E-state index >= 15 is 0 Å². The van der Waals surface area contributed by atoms with E-state index in [1.165, 1.54) is 0 Å². The third-order valence-corrected chi connectivity index (χ3v) is 4.12. The predicted octanol–water partition coefficient (Wildman–Crippen LogP) is 1.32. The van der Waals surface area contributed by atoms with E-state index in [2.05, 4.69) is 25.8 Å². The van der Waals surface area contributed by atoms with Crippen molar-refractivity contribution >= 4 is 11.7 Å². The van der Waals surface area contributed by atoms with Crippen LogP contribution < -0.4 is 5.32 Å². The number of hydrogen-bond acceptors (Lipinski definition) is 5.